The molecule has 0 heterocycles. The highest BCUT2D eigenvalue weighted by atomic mass is 15.3. The molecule has 0 aliphatic carbocycles. The molecule has 0 saturated carbocycles. The monoisotopic (exact) mass is 256 g/mol. The number of nitrogens with zero attached hydrogens (tertiary/aromatic N) is 2. The minimum atomic E-state index is 0.787. The predicted octanol–water partition coefficient (Wildman–Crippen LogP) is 4.00. The molecule has 0 amide bonds. The average Bonchev–Trinajstić information content (AvgIpc) is 2.35. The highest BCUT2D eigenvalue weighted by Gasteiger charge is 2.13. The first-order valence-corrected chi connectivity index (χ1v) is 6.43. The number of allylic oxidation sites excluding steroid dienone is 1. The maximum Gasteiger partial charge on any atom is 0.101 e. The second kappa shape index (κ2) is 6.83. The zero-order valence-corrected chi connectivity index (χ0v) is 12.3. The molecule has 0 unspecified atom stereocenters. The van der Waals surface area contributed by atoms with Crippen LogP contribution in [-0.4, -0.2) is 23.4 Å². The number of likely N-dealkylation sites (N-methyl/N-ethyl adjacent to an activating group) is 1. The largest absolute Gasteiger partial charge is 0.358 e. The first-order valence-electron chi connectivity index (χ1n) is 6.43. The van der Waals surface area contributed by atoms with Crippen molar-refractivity contribution >= 4 is 0 Å². The lowest BCUT2D eigenvalue weighted by molar-refractivity contribution is 0.285. The molecule has 0 saturated heterocycles. The van der Waals surface area contributed by atoms with Crippen molar-refractivity contribution in [3.63, 3.8) is 0 Å². The van der Waals surface area contributed by atoms with E-state index in [-0.39, 0.29) is 0 Å². The van der Waals surface area contributed by atoms with Crippen LogP contribution in [0.1, 0.15) is 19.4 Å². The van der Waals surface area contributed by atoms with E-state index in [1.165, 1.54) is 5.56 Å². The molecule has 0 aliphatic heterocycles. The molecule has 102 valence electrons. The first-order chi connectivity index (χ1) is 8.91. The molecule has 0 spiro atoms. The molecule has 0 fully saturated rings. The lowest BCUT2D eigenvalue weighted by Crippen LogP contribution is -2.31. The van der Waals surface area contributed by atoms with Gasteiger partial charge in [-0.1, -0.05) is 55.6 Å². The van der Waals surface area contributed by atoms with Crippen LogP contribution in [0.5, 0.6) is 0 Å². The fourth-order valence-electron chi connectivity index (χ4n) is 1.91. The fraction of sp³-hybridized carbons (Fsp3) is 0.294. The SMILES string of the molecule is C=C(C)CN(C)C(=C)N(Cc1ccccc1)C(=C)C. The van der Waals surface area contributed by atoms with Gasteiger partial charge in [0.1, 0.15) is 5.82 Å². The molecular formula is C17H24N2. The maximum atomic E-state index is 4.18. The van der Waals surface area contributed by atoms with Crippen LogP contribution in [0.2, 0.25) is 0 Å². The van der Waals surface area contributed by atoms with Gasteiger partial charge >= 0.3 is 0 Å². The summed E-state index contributed by atoms with van der Waals surface area (Å²) in [4.78, 5) is 4.22. The van der Waals surface area contributed by atoms with E-state index in [1.54, 1.807) is 0 Å². The molecule has 0 N–H and O–H groups in total. The van der Waals surface area contributed by atoms with Gasteiger partial charge in [0.25, 0.3) is 0 Å². The Hall–Kier alpha value is -1.96. The van der Waals surface area contributed by atoms with Crippen molar-refractivity contribution in [2.24, 2.45) is 0 Å². The molecule has 2 nitrogen and oxygen atoms in total. The smallest absolute Gasteiger partial charge is 0.101 e. The zero-order chi connectivity index (χ0) is 14.4. The summed E-state index contributed by atoms with van der Waals surface area (Å²) in [7, 11) is 2.03. The van der Waals surface area contributed by atoms with E-state index in [0.717, 1.165) is 30.2 Å². The Labute approximate surface area is 117 Å². The molecule has 1 rings (SSSR count). The summed E-state index contributed by atoms with van der Waals surface area (Å²) >= 11 is 0. The van der Waals surface area contributed by atoms with Gasteiger partial charge in [-0.2, -0.15) is 0 Å². The maximum absolute atomic E-state index is 4.18. The lowest BCUT2D eigenvalue weighted by Gasteiger charge is -2.33. The van der Waals surface area contributed by atoms with Gasteiger partial charge in [0, 0.05) is 25.8 Å². The van der Waals surface area contributed by atoms with E-state index < -0.39 is 0 Å². The Balaban J connectivity index is 2.80. The molecule has 0 aliphatic rings. The third kappa shape index (κ3) is 4.66. The molecule has 0 aromatic heterocycles. The van der Waals surface area contributed by atoms with Crippen molar-refractivity contribution in [3.05, 3.63) is 72.7 Å². The van der Waals surface area contributed by atoms with Crippen LogP contribution in [0, 0.1) is 0 Å². The Morgan fingerprint density at radius 3 is 2.11 bits per heavy atom. The van der Waals surface area contributed by atoms with E-state index in [2.05, 4.69) is 41.7 Å². The van der Waals surface area contributed by atoms with Crippen LogP contribution < -0.4 is 0 Å². The van der Waals surface area contributed by atoms with Gasteiger partial charge in [-0.05, 0) is 19.4 Å². The summed E-state index contributed by atoms with van der Waals surface area (Å²) in [5, 5.41) is 0. The molecule has 2 heteroatoms. The van der Waals surface area contributed by atoms with E-state index in [9.17, 15) is 0 Å². The van der Waals surface area contributed by atoms with E-state index in [4.69, 9.17) is 0 Å². The quantitative estimate of drug-likeness (QED) is 0.680. The summed E-state index contributed by atoms with van der Waals surface area (Å²) in [5.41, 5.74) is 3.35. The Kier molecular flexibility index (Phi) is 5.43. The second-order valence-corrected chi connectivity index (χ2v) is 5.04. The van der Waals surface area contributed by atoms with Crippen molar-refractivity contribution in [2.75, 3.05) is 13.6 Å². The summed E-state index contributed by atoms with van der Waals surface area (Å²) in [6.45, 7) is 17.8. The van der Waals surface area contributed by atoms with Crippen LogP contribution in [0.3, 0.4) is 0 Å². The van der Waals surface area contributed by atoms with E-state index in [1.807, 2.05) is 39.1 Å². The molecule has 0 atom stereocenters. The van der Waals surface area contributed by atoms with Gasteiger partial charge in [-0.25, -0.2) is 0 Å². The van der Waals surface area contributed by atoms with Crippen molar-refractivity contribution in [1.82, 2.24) is 9.80 Å². The highest BCUT2D eigenvalue weighted by Crippen LogP contribution is 2.17. The van der Waals surface area contributed by atoms with Crippen LogP contribution >= 0.6 is 0 Å². The molecular weight excluding hydrogens is 232 g/mol. The Morgan fingerprint density at radius 1 is 1.05 bits per heavy atom. The van der Waals surface area contributed by atoms with Crippen molar-refractivity contribution in [1.29, 1.82) is 0 Å². The van der Waals surface area contributed by atoms with Gasteiger partial charge in [0.15, 0.2) is 0 Å². The Bertz CT molecular complexity index is 459. The van der Waals surface area contributed by atoms with Crippen LogP contribution in [-0.2, 0) is 6.54 Å². The Morgan fingerprint density at radius 2 is 1.63 bits per heavy atom. The molecule has 19 heavy (non-hydrogen) atoms. The summed E-state index contributed by atoms with van der Waals surface area (Å²) in [6, 6.07) is 10.3. The van der Waals surface area contributed by atoms with Crippen LogP contribution in [0.4, 0.5) is 0 Å². The normalized spacial score (nSPS) is 9.84. The van der Waals surface area contributed by atoms with Gasteiger partial charge < -0.3 is 9.80 Å². The van der Waals surface area contributed by atoms with Gasteiger partial charge in [0.2, 0.25) is 0 Å². The number of hydrogen-bond acceptors (Lipinski definition) is 2. The standard InChI is InChI=1S/C17H24N2/c1-14(2)12-18(6)16(5)19(15(3)4)13-17-10-8-7-9-11-17/h7-11H,1,3,5,12-13H2,2,4,6H3. The third-order valence-electron chi connectivity index (χ3n) is 2.90. The fourth-order valence-corrected chi connectivity index (χ4v) is 1.91. The number of benzene rings is 1. The lowest BCUT2D eigenvalue weighted by atomic mass is 10.2. The van der Waals surface area contributed by atoms with E-state index >= 15 is 0 Å². The second-order valence-electron chi connectivity index (χ2n) is 5.04. The highest BCUT2D eigenvalue weighted by molar-refractivity contribution is 5.18. The van der Waals surface area contributed by atoms with Crippen molar-refractivity contribution < 1.29 is 0 Å². The zero-order valence-electron chi connectivity index (χ0n) is 12.3. The van der Waals surface area contributed by atoms with Gasteiger partial charge in [0.05, 0.1) is 0 Å². The molecule has 0 radical (unpaired) electrons. The molecule has 1 aromatic carbocycles. The minimum absolute atomic E-state index is 0.787. The van der Waals surface area contributed by atoms with Crippen molar-refractivity contribution in [2.45, 2.75) is 20.4 Å². The average molecular weight is 256 g/mol. The minimum Gasteiger partial charge on any atom is -0.358 e. The molecule has 0 bridgehead atoms. The van der Waals surface area contributed by atoms with E-state index in [0.29, 0.717) is 0 Å². The van der Waals surface area contributed by atoms with Crippen LogP contribution in [0.25, 0.3) is 0 Å². The summed E-state index contributed by atoms with van der Waals surface area (Å²) < 4.78 is 0. The van der Waals surface area contributed by atoms with Crippen LogP contribution in [0.15, 0.2) is 67.2 Å². The summed E-state index contributed by atoms with van der Waals surface area (Å²) in [5.74, 6) is 0.944. The van der Waals surface area contributed by atoms with Gasteiger partial charge in [-0.15, -0.1) is 0 Å². The summed E-state index contributed by atoms with van der Waals surface area (Å²) in [6.07, 6.45) is 0. The third-order valence-corrected chi connectivity index (χ3v) is 2.90. The number of rotatable bonds is 7. The topological polar surface area (TPSA) is 6.48 Å². The predicted molar refractivity (Wildman–Crippen MR) is 83.4 cm³/mol. The molecule has 1 aromatic rings. The van der Waals surface area contributed by atoms with Gasteiger partial charge in [-0.3, -0.25) is 0 Å². The van der Waals surface area contributed by atoms with Crippen molar-refractivity contribution in [3.8, 4) is 0 Å². The number of hydrogen-bond donors (Lipinski definition) is 0. The first kappa shape index (κ1) is 15.1.